The van der Waals surface area contributed by atoms with Gasteiger partial charge in [-0.3, -0.25) is 0 Å². The van der Waals surface area contributed by atoms with Gasteiger partial charge in [0.15, 0.2) is 0 Å². The summed E-state index contributed by atoms with van der Waals surface area (Å²) >= 11 is 0. The number of hydrogen-bond acceptors (Lipinski definition) is 4. The lowest BCUT2D eigenvalue weighted by Crippen LogP contribution is -2.28. The Hall–Kier alpha value is -2.42. The molecular formula is C17H22N4O3S. The number of benzene rings is 2. The number of sulfonamides is 1. The van der Waals surface area contributed by atoms with E-state index in [1.807, 2.05) is 38.4 Å². The fraction of sp³-hybridized carbons (Fsp3) is 0.235. The van der Waals surface area contributed by atoms with Crippen LogP contribution in [0.15, 0.2) is 53.4 Å². The molecule has 0 saturated carbocycles. The summed E-state index contributed by atoms with van der Waals surface area (Å²) in [5.41, 5.74) is 2.66. The quantitative estimate of drug-likeness (QED) is 0.728. The zero-order chi connectivity index (χ0) is 18.4. The van der Waals surface area contributed by atoms with Crippen molar-refractivity contribution in [3.63, 3.8) is 0 Å². The van der Waals surface area contributed by atoms with Crippen LogP contribution in [0.3, 0.4) is 0 Å². The van der Waals surface area contributed by atoms with Crippen LogP contribution in [0.4, 0.5) is 10.5 Å². The van der Waals surface area contributed by atoms with Crippen molar-refractivity contribution < 1.29 is 13.2 Å². The molecule has 8 heteroatoms. The van der Waals surface area contributed by atoms with Crippen molar-refractivity contribution >= 4 is 21.7 Å². The Balaban J connectivity index is 1.95. The van der Waals surface area contributed by atoms with E-state index in [-0.39, 0.29) is 10.9 Å². The topological polar surface area (TPSA) is 105 Å². The molecule has 7 nitrogen and oxygen atoms in total. The van der Waals surface area contributed by atoms with Gasteiger partial charge in [0, 0.05) is 18.8 Å². The second-order valence-corrected chi connectivity index (χ2v) is 7.44. The molecule has 0 fully saturated rings. The predicted octanol–water partition coefficient (Wildman–Crippen LogP) is 1.72. The van der Waals surface area contributed by atoms with Gasteiger partial charge in [0.1, 0.15) is 0 Å². The Morgan fingerprint density at radius 3 is 2.20 bits per heavy atom. The van der Waals surface area contributed by atoms with E-state index in [1.54, 1.807) is 0 Å². The first-order valence-electron chi connectivity index (χ1n) is 7.65. The number of nitrogens with two attached hydrogens (primary N) is 1. The molecule has 0 spiro atoms. The van der Waals surface area contributed by atoms with Crippen LogP contribution in [-0.2, 0) is 23.1 Å². The number of urea groups is 1. The first-order valence-corrected chi connectivity index (χ1v) is 9.19. The molecule has 0 bridgehead atoms. The van der Waals surface area contributed by atoms with Gasteiger partial charge in [-0.2, -0.15) is 0 Å². The van der Waals surface area contributed by atoms with E-state index in [0.29, 0.717) is 12.2 Å². The average Bonchev–Trinajstić information content (AvgIpc) is 2.53. The van der Waals surface area contributed by atoms with Crippen molar-refractivity contribution in [1.29, 1.82) is 0 Å². The highest BCUT2D eigenvalue weighted by Crippen LogP contribution is 2.13. The Morgan fingerprint density at radius 2 is 1.64 bits per heavy atom. The van der Waals surface area contributed by atoms with Crippen molar-refractivity contribution in [2.75, 3.05) is 19.4 Å². The number of nitrogens with one attached hydrogen (secondary N) is 2. The van der Waals surface area contributed by atoms with E-state index < -0.39 is 10.0 Å². The average molecular weight is 362 g/mol. The van der Waals surface area contributed by atoms with Crippen LogP contribution in [0.1, 0.15) is 11.1 Å². The molecule has 2 aromatic rings. The smallest absolute Gasteiger partial charge is 0.319 e. The van der Waals surface area contributed by atoms with Gasteiger partial charge in [0.25, 0.3) is 0 Å². The lowest BCUT2D eigenvalue weighted by Gasteiger charge is -2.15. The van der Waals surface area contributed by atoms with Gasteiger partial charge in [-0.25, -0.2) is 18.4 Å². The lowest BCUT2D eigenvalue weighted by atomic mass is 10.1. The largest absolute Gasteiger partial charge is 0.334 e. The van der Waals surface area contributed by atoms with E-state index in [0.717, 1.165) is 17.7 Å². The predicted molar refractivity (Wildman–Crippen MR) is 97.5 cm³/mol. The summed E-state index contributed by atoms with van der Waals surface area (Å²) in [6.07, 6.45) is 0. The van der Waals surface area contributed by atoms with Crippen LogP contribution < -0.4 is 15.8 Å². The molecule has 0 heterocycles. The van der Waals surface area contributed by atoms with E-state index in [9.17, 15) is 13.2 Å². The molecule has 0 aliphatic carbocycles. The first-order chi connectivity index (χ1) is 11.8. The molecular weight excluding hydrogens is 340 g/mol. The molecule has 0 radical (unpaired) electrons. The maximum Gasteiger partial charge on any atom is 0.319 e. The van der Waals surface area contributed by atoms with Crippen LogP contribution in [0.2, 0.25) is 0 Å². The van der Waals surface area contributed by atoms with Crippen molar-refractivity contribution in [2.24, 2.45) is 5.14 Å². The van der Waals surface area contributed by atoms with Crippen LogP contribution in [-0.4, -0.2) is 33.4 Å². The monoisotopic (exact) mass is 362 g/mol. The lowest BCUT2D eigenvalue weighted by molar-refractivity contribution is 0.251. The first kappa shape index (κ1) is 18.9. The summed E-state index contributed by atoms with van der Waals surface area (Å²) in [5.74, 6) is 0. The molecule has 0 atom stereocenters. The fourth-order valence-electron chi connectivity index (χ4n) is 2.30. The molecule has 0 unspecified atom stereocenters. The third-order valence-corrected chi connectivity index (χ3v) is 4.41. The van der Waals surface area contributed by atoms with Gasteiger partial charge in [-0.15, -0.1) is 0 Å². The van der Waals surface area contributed by atoms with Gasteiger partial charge < -0.3 is 15.5 Å². The summed E-state index contributed by atoms with van der Waals surface area (Å²) < 4.78 is 22.4. The zero-order valence-corrected chi connectivity index (χ0v) is 15.0. The van der Waals surface area contributed by atoms with Gasteiger partial charge in [0.2, 0.25) is 10.0 Å². The highest BCUT2D eigenvalue weighted by Gasteiger charge is 2.09. The fourth-order valence-corrected chi connectivity index (χ4v) is 2.82. The standard InChI is InChI=1S/C17H22N4O3S/c1-21(2)12-14-6-4-3-5-13(14)11-19-17(22)20-15-7-9-16(10-8-15)25(18,23)24/h3-10H,11-12H2,1-2H3,(H2,18,23,24)(H2,19,20,22). The highest BCUT2D eigenvalue weighted by atomic mass is 32.2. The molecule has 25 heavy (non-hydrogen) atoms. The summed E-state index contributed by atoms with van der Waals surface area (Å²) in [4.78, 5) is 14.1. The van der Waals surface area contributed by atoms with Gasteiger partial charge in [-0.1, -0.05) is 24.3 Å². The van der Waals surface area contributed by atoms with Crippen molar-refractivity contribution in [1.82, 2.24) is 10.2 Å². The van der Waals surface area contributed by atoms with Gasteiger partial charge >= 0.3 is 6.03 Å². The molecule has 2 amide bonds. The number of primary sulfonamides is 1. The van der Waals surface area contributed by atoms with E-state index in [2.05, 4.69) is 15.5 Å². The number of rotatable bonds is 6. The highest BCUT2D eigenvalue weighted by molar-refractivity contribution is 7.89. The molecule has 0 aliphatic rings. The van der Waals surface area contributed by atoms with E-state index in [4.69, 9.17) is 5.14 Å². The second-order valence-electron chi connectivity index (χ2n) is 5.88. The van der Waals surface area contributed by atoms with Crippen LogP contribution in [0.25, 0.3) is 0 Å². The third kappa shape index (κ3) is 5.86. The SMILES string of the molecule is CN(C)Cc1ccccc1CNC(=O)Nc1ccc(S(N)(=O)=O)cc1. The maximum atomic E-state index is 12.0. The molecule has 0 aliphatic heterocycles. The summed E-state index contributed by atoms with van der Waals surface area (Å²) in [6, 6.07) is 13.2. The van der Waals surface area contributed by atoms with Crippen LogP contribution in [0.5, 0.6) is 0 Å². The number of hydrogen-bond donors (Lipinski definition) is 3. The van der Waals surface area contributed by atoms with Crippen LogP contribution >= 0.6 is 0 Å². The normalized spacial score (nSPS) is 11.4. The van der Waals surface area contributed by atoms with Crippen molar-refractivity contribution in [3.8, 4) is 0 Å². The van der Waals surface area contributed by atoms with Crippen LogP contribution in [0, 0.1) is 0 Å². The number of nitrogens with zero attached hydrogens (tertiary/aromatic N) is 1. The maximum absolute atomic E-state index is 12.0. The summed E-state index contributed by atoms with van der Waals surface area (Å²) in [7, 11) is 0.235. The summed E-state index contributed by atoms with van der Waals surface area (Å²) in [6.45, 7) is 1.18. The van der Waals surface area contributed by atoms with E-state index in [1.165, 1.54) is 24.3 Å². The Bertz CT molecular complexity index is 833. The van der Waals surface area contributed by atoms with Crippen molar-refractivity contribution in [2.45, 2.75) is 18.0 Å². The molecule has 2 rings (SSSR count). The number of carbonyl (C=O) groups excluding carboxylic acids is 1. The second kappa shape index (κ2) is 8.11. The molecule has 4 N–H and O–H groups in total. The molecule has 0 aromatic heterocycles. The zero-order valence-electron chi connectivity index (χ0n) is 14.2. The van der Waals surface area contributed by atoms with Gasteiger partial charge in [-0.05, 0) is 49.5 Å². The number of anilines is 1. The minimum Gasteiger partial charge on any atom is -0.334 e. The number of carbonyl (C=O) groups is 1. The Kier molecular flexibility index (Phi) is 6.13. The molecule has 134 valence electrons. The van der Waals surface area contributed by atoms with E-state index >= 15 is 0 Å². The van der Waals surface area contributed by atoms with Gasteiger partial charge in [0.05, 0.1) is 4.90 Å². The summed E-state index contributed by atoms with van der Waals surface area (Å²) in [5, 5.41) is 10.5. The third-order valence-electron chi connectivity index (χ3n) is 3.49. The minimum atomic E-state index is -3.74. The number of amides is 2. The minimum absolute atomic E-state index is 0.00364. The molecule has 0 saturated heterocycles. The Labute approximate surface area is 147 Å². The Morgan fingerprint density at radius 1 is 1.04 bits per heavy atom. The molecule has 2 aromatic carbocycles. The van der Waals surface area contributed by atoms with Crippen molar-refractivity contribution in [3.05, 3.63) is 59.7 Å².